The fourth-order valence-corrected chi connectivity index (χ4v) is 8.69. The van der Waals surface area contributed by atoms with Gasteiger partial charge in [-0.2, -0.15) is 4.31 Å². The van der Waals surface area contributed by atoms with Gasteiger partial charge in [0, 0.05) is 57.9 Å². The van der Waals surface area contributed by atoms with Crippen LogP contribution in [0.5, 0.6) is 0 Å². The molecule has 0 spiro atoms. The number of nitrogens with zero attached hydrogens (tertiary/aromatic N) is 4. The van der Waals surface area contributed by atoms with Gasteiger partial charge in [0.1, 0.15) is 0 Å². The highest BCUT2D eigenvalue weighted by molar-refractivity contribution is 7.89. The van der Waals surface area contributed by atoms with Crippen molar-refractivity contribution in [2.45, 2.75) is 39.0 Å². The molecule has 2 atom stereocenters. The number of nitrogens with one attached hydrogen (secondary N) is 1. The van der Waals surface area contributed by atoms with E-state index in [9.17, 15) is 13.2 Å². The molecule has 0 saturated carbocycles. The maximum atomic E-state index is 13.1. The Morgan fingerprint density at radius 3 is 2.36 bits per heavy atom. The van der Waals surface area contributed by atoms with Gasteiger partial charge in [0.2, 0.25) is 10.0 Å². The molecule has 8 nitrogen and oxygen atoms in total. The quantitative estimate of drug-likeness (QED) is 0.461. The lowest BCUT2D eigenvalue weighted by molar-refractivity contribution is 0.0947. The number of rotatable bonds is 7. The van der Waals surface area contributed by atoms with Crippen molar-refractivity contribution >= 4 is 42.6 Å². The second-order valence-electron chi connectivity index (χ2n) is 11.3. The Labute approximate surface area is 236 Å². The molecular weight excluding hydrogens is 530 g/mol. The van der Waals surface area contributed by atoms with E-state index in [1.807, 2.05) is 0 Å². The third-order valence-electron chi connectivity index (χ3n) is 7.76. The van der Waals surface area contributed by atoms with Crippen molar-refractivity contribution in [1.29, 1.82) is 0 Å². The predicted octanol–water partition coefficient (Wildman–Crippen LogP) is 4.13. The van der Waals surface area contributed by atoms with Gasteiger partial charge in [0.05, 0.1) is 15.1 Å². The van der Waals surface area contributed by atoms with Crippen molar-refractivity contribution in [3.63, 3.8) is 0 Å². The number of thiazole rings is 1. The topological polar surface area (TPSA) is 85.9 Å². The van der Waals surface area contributed by atoms with Crippen LogP contribution in [0.4, 0.5) is 5.13 Å². The van der Waals surface area contributed by atoms with Crippen LogP contribution in [0.25, 0.3) is 10.2 Å². The van der Waals surface area contributed by atoms with Gasteiger partial charge in [0.25, 0.3) is 5.91 Å². The summed E-state index contributed by atoms with van der Waals surface area (Å²) in [5.74, 6) is 0.508. The number of amides is 1. The lowest BCUT2D eigenvalue weighted by Gasteiger charge is -2.34. The minimum atomic E-state index is -3.55. The number of aryl methyl sites for hydroxylation is 2. The standard InChI is InChI=1S/C29H39N5O3S2/c1-20-16-23(4)27-26(17-20)38-29(31-27)33-13-11-32(12-14-33)10-9-30-28(35)24-5-7-25(8-6-24)39(36,37)34-18-21(2)15-22(3)19-34/h5-8,16-17,21-22H,9-15,18-19H2,1-4H3,(H,30,35). The van der Waals surface area contributed by atoms with E-state index >= 15 is 0 Å². The molecule has 2 fully saturated rings. The smallest absolute Gasteiger partial charge is 0.251 e. The SMILES string of the molecule is Cc1cc(C)c2nc(N3CCN(CCNC(=O)c4ccc(S(=O)(=O)N5CC(C)CC(C)C5)cc4)CC3)sc2c1. The molecule has 1 N–H and O–H groups in total. The number of carbonyl (C=O) groups is 1. The van der Waals surface area contributed by atoms with Gasteiger partial charge in [-0.05, 0) is 73.6 Å². The zero-order valence-corrected chi connectivity index (χ0v) is 24.9. The van der Waals surface area contributed by atoms with Gasteiger partial charge >= 0.3 is 0 Å². The number of carbonyl (C=O) groups excluding carboxylic acids is 1. The van der Waals surface area contributed by atoms with Crippen LogP contribution >= 0.6 is 11.3 Å². The molecular formula is C29H39N5O3S2. The Hall–Kier alpha value is -2.53. The average Bonchev–Trinajstić information content (AvgIpc) is 3.33. The van der Waals surface area contributed by atoms with Crippen molar-refractivity contribution < 1.29 is 13.2 Å². The number of hydrogen-bond acceptors (Lipinski definition) is 7. The molecule has 2 saturated heterocycles. The van der Waals surface area contributed by atoms with Crippen LogP contribution in [0.15, 0.2) is 41.3 Å². The van der Waals surface area contributed by atoms with Gasteiger partial charge in [0.15, 0.2) is 5.13 Å². The molecule has 210 valence electrons. The summed E-state index contributed by atoms with van der Waals surface area (Å²) in [7, 11) is -3.55. The molecule has 2 aromatic carbocycles. The first kappa shape index (κ1) is 28.0. The fraction of sp³-hybridized carbons (Fsp3) is 0.517. The molecule has 39 heavy (non-hydrogen) atoms. The first-order chi connectivity index (χ1) is 18.6. The summed E-state index contributed by atoms with van der Waals surface area (Å²) < 4.78 is 29.0. The van der Waals surface area contributed by atoms with Gasteiger partial charge < -0.3 is 10.2 Å². The van der Waals surface area contributed by atoms with E-state index in [0.717, 1.165) is 49.8 Å². The van der Waals surface area contributed by atoms with E-state index in [0.29, 0.717) is 37.0 Å². The molecule has 1 amide bonds. The predicted molar refractivity (Wildman–Crippen MR) is 158 cm³/mol. The van der Waals surface area contributed by atoms with Crippen molar-refractivity contribution in [2.24, 2.45) is 11.8 Å². The highest BCUT2D eigenvalue weighted by Gasteiger charge is 2.31. The number of fused-ring (bicyclic) bond motifs is 1. The van der Waals surface area contributed by atoms with Crippen molar-refractivity contribution in [1.82, 2.24) is 19.5 Å². The number of aromatic nitrogens is 1. The van der Waals surface area contributed by atoms with Gasteiger partial charge in [-0.25, -0.2) is 13.4 Å². The highest BCUT2D eigenvalue weighted by Crippen LogP contribution is 2.32. The average molecular weight is 570 g/mol. The van der Waals surface area contributed by atoms with Crippen LogP contribution in [-0.2, 0) is 10.0 Å². The first-order valence-corrected chi connectivity index (χ1v) is 16.1. The Morgan fingerprint density at radius 1 is 1.03 bits per heavy atom. The Balaban J connectivity index is 1.09. The molecule has 2 unspecified atom stereocenters. The number of anilines is 1. The maximum absolute atomic E-state index is 13.1. The molecule has 1 aromatic heterocycles. The van der Waals surface area contributed by atoms with Gasteiger partial charge in [-0.15, -0.1) is 0 Å². The van der Waals surface area contributed by atoms with Crippen LogP contribution in [-0.4, -0.2) is 80.9 Å². The summed E-state index contributed by atoms with van der Waals surface area (Å²) in [6.07, 6.45) is 1.05. The van der Waals surface area contributed by atoms with Gasteiger partial charge in [-0.1, -0.05) is 31.3 Å². The van der Waals surface area contributed by atoms with E-state index in [1.54, 1.807) is 39.9 Å². The third-order valence-corrected chi connectivity index (χ3v) is 10.7. The minimum Gasteiger partial charge on any atom is -0.351 e. The van der Waals surface area contributed by atoms with Gasteiger partial charge in [-0.3, -0.25) is 9.69 Å². The van der Waals surface area contributed by atoms with Crippen molar-refractivity contribution in [3.05, 3.63) is 53.1 Å². The lowest BCUT2D eigenvalue weighted by Crippen LogP contribution is -2.48. The van der Waals surface area contributed by atoms with Crippen molar-refractivity contribution in [2.75, 3.05) is 57.3 Å². The number of benzene rings is 2. The zero-order chi connectivity index (χ0) is 27.7. The van der Waals surface area contributed by atoms with E-state index in [1.165, 1.54) is 15.8 Å². The van der Waals surface area contributed by atoms with Crippen LogP contribution in [0, 0.1) is 25.7 Å². The molecule has 0 aliphatic carbocycles. The molecule has 10 heteroatoms. The second-order valence-corrected chi connectivity index (χ2v) is 14.2. The molecule has 5 rings (SSSR count). The summed E-state index contributed by atoms with van der Waals surface area (Å²) in [6.45, 7) is 14.5. The molecule has 3 heterocycles. The van der Waals surface area contributed by atoms with Crippen LogP contribution in [0.1, 0.15) is 41.8 Å². The fourth-order valence-electron chi connectivity index (χ4n) is 5.82. The Bertz CT molecular complexity index is 1420. The largest absolute Gasteiger partial charge is 0.351 e. The Morgan fingerprint density at radius 2 is 1.69 bits per heavy atom. The number of piperazine rings is 1. The summed E-state index contributed by atoms with van der Waals surface area (Å²) in [5.41, 5.74) is 4.07. The monoisotopic (exact) mass is 569 g/mol. The Kier molecular flexibility index (Phi) is 8.28. The van der Waals surface area contributed by atoms with Crippen LogP contribution in [0.3, 0.4) is 0 Å². The van der Waals surface area contributed by atoms with E-state index in [-0.39, 0.29) is 10.8 Å². The van der Waals surface area contributed by atoms with E-state index in [2.05, 4.69) is 54.9 Å². The summed E-state index contributed by atoms with van der Waals surface area (Å²) >= 11 is 1.76. The highest BCUT2D eigenvalue weighted by atomic mass is 32.2. The second kappa shape index (κ2) is 11.5. The summed E-state index contributed by atoms with van der Waals surface area (Å²) in [5, 5.41) is 4.07. The van der Waals surface area contributed by atoms with Crippen LogP contribution in [0.2, 0.25) is 0 Å². The van der Waals surface area contributed by atoms with Crippen molar-refractivity contribution in [3.8, 4) is 0 Å². The maximum Gasteiger partial charge on any atom is 0.251 e. The number of piperidine rings is 1. The number of sulfonamides is 1. The molecule has 0 bridgehead atoms. The lowest BCUT2D eigenvalue weighted by atomic mass is 9.94. The molecule has 2 aliphatic heterocycles. The number of hydrogen-bond donors (Lipinski definition) is 1. The molecule has 0 radical (unpaired) electrons. The zero-order valence-electron chi connectivity index (χ0n) is 23.3. The van der Waals surface area contributed by atoms with E-state index < -0.39 is 10.0 Å². The van der Waals surface area contributed by atoms with E-state index in [4.69, 9.17) is 4.98 Å². The van der Waals surface area contributed by atoms with Crippen LogP contribution < -0.4 is 10.2 Å². The minimum absolute atomic E-state index is 0.182. The first-order valence-electron chi connectivity index (χ1n) is 13.8. The molecule has 2 aliphatic rings. The molecule has 3 aromatic rings. The normalized spacial score (nSPS) is 21.4. The summed E-state index contributed by atoms with van der Waals surface area (Å²) in [6, 6.07) is 10.7. The third kappa shape index (κ3) is 6.29. The summed E-state index contributed by atoms with van der Waals surface area (Å²) in [4.78, 5) is 22.6.